The standard InChI is InChI=1S/C15H21N/c1-12(16)11-14-7-5-13(6-8-14)9-10-15(2,3)4/h5-8,12H,11,16H2,1-4H3. The number of rotatable bonds is 2. The Balaban J connectivity index is 2.75. The maximum Gasteiger partial charge on any atom is 0.0245 e. The first-order valence-electron chi connectivity index (χ1n) is 5.74. The average Bonchev–Trinajstić information content (AvgIpc) is 2.14. The largest absolute Gasteiger partial charge is 0.328 e. The maximum absolute atomic E-state index is 5.75. The van der Waals surface area contributed by atoms with Crippen LogP contribution in [0.15, 0.2) is 24.3 Å². The third kappa shape index (κ3) is 5.00. The van der Waals surface area contributed by atoms with Crippen molar-refractivity contribution in [1.82, 2.24) is 0 Å². The van der Waals surface area contributed by atoms with Crippen LogP contribution in [0.2, 0.25) is 0 Å². The van der Waals surface area contributed by atoms with E-state index < -0.39 is 0 Å². The van der Waals surface area contributed by atoms with E-state index in [9.17, 15) is 0 Å². The summed E-state index contributed by atoms with van der Waals surface area (Å²) in [5, 5.41) is 0. The van der Waals surface area contributed by atoms with E-state index >= 15 is 0 Å². The molecule has 1 heteroatoms. The molecule has 0 aliphatic rings. The van der Waals surface area contributed by atoms with Crippen molar-refractivity contribution in [2.45, 2.75) is 40.2 Å². The van der Waals surface area contributed by atoms with Gasteiger partial charge in [0.15, 0.2) is 0 Å². The second-order valence-electron chi connectivity index (χ2n) is 5.38. The van der Waals surface area contributed by atoms with Crippen LogP contribution in [0, 0.1) is 17.3 Å². The van der Waals surface area contributed by atoms with Gasteiger partial charge in [-0.05, 0) is 51.8 Å². The first-order valence-corrected chi connectivity index (χ1v) is 5.74. The Hall–Kier alpha value is -1.26. The number of nitrogens with two attached hydrogens (primary N) is 1. The van der Waals surface area contributed by atoms with Crippen LogP contribution in [-0.2, 0) is 6.42 Å². The minimum absolute atomic E-state index is 0.0600. The van der Waals surface area contributed by atoms with Crippen molar-refractivity contribution in [3.05, 3.63) is 35.4 Å². The monoisotopic (exact) mass is 215 g/mol. The fourth-order valence-electron chi connectivity index (χ4n) is 1.36. The first kappa shape index (κ1) is 12.8. The Labute approximate surface area is 99.1 Å². The van der Waals surface area contributed by atoms with Gasteiger partial charge in [-0.1, -0.05) is 24.0 Å². The molecule has 0 saturated heterocycles. The number of benzene rings is 1. The van der Waals surface area contributed by atoms with Crippen molar-refractivity contribution >= 4 is 0 Å². The molecule has 0 heterocycles. The molecule has 0 saturated carbocycles. The van der Waals surface area contributed by atoms with E-state index in [0.29, 0.717) is 0 Å². The molecular weight excluding hydrogens is 194 g/mol. The molecule has 0 aromatic heterocycles. The van der Waals surface area contributed by atoms with Gasteiger partial charge < -0.3 is 5.73 Å². The molecular formula is C15H21N. The molecule has 1 unspecified atom stereocenters. The lowest BCUT2D eigenvalue weighted by atomic mass is 9.97. The summed E-state index contributed by atoms with van der Waals surface area (Å²) >= 11 is 0. The highest BCUT2D eigenvalue weighted by molar-refractivity contribution is 5.37. The van der Waals surface area contributed by atoms with E-state index in [4.69, 9.17) is 5.73 Å². The van der Waals surface area contributed by atoms with Gasteiger partial charge in [0, 0.05) is 17.0 Å². The van der Waals surface area contributed by atoms with Crippen molar-refractivity contribution in [3.8, 4) is 11.8 Å². The Bertz CT molecular complexity index is 382. The van der Waals surface area contributed by atoms with Crippen LogP contribution in [0.25, 0.3) is 0 Å². The topological polar surface area (TPSA) is 26.0 Å². The molecule has 0 fully saturated rings. The van der Waals surface area contributed by atoms with E-state index in [1.54, 1.807) is 0 Å². The van der Waals surface area contributed by atoms with Gasteiger partial charge >= 0.3 is 0 Å². The predicted octanol–water partition coefficient (Wildman–Crippen LogP) is 2.97. The Morgan fingerprint density at radius 2 is 1.75 bits per heavy atom. The molecule has 1 nitrogen and oxygen atoms in total. The highest BCUT2D eigenvalue weighted by Crippen LogP contribution is 2.11. The minimum Gasteiger partial charge on any atom is -0.328 e. The Morgan fingerprint density at radius 1 is 1.19 bits per heavy atom. The SMILES string of the molecule is CC(N)Cc1ccc(C#CC(C)(C)C)cc1. The fourth-order valence-corrected chi connectivity index (χ4v) is 1.36. The number of hydrogen-bond acceptors (Lipinski definition) is 1. The zero-order valence-corrected chi connectivity index (χ0v) is 10.7. The normalized spacial score (nSPS) is 12.8. The molecule has 1 rings (SSSR count). The quantitative estimate of drug-likeness (QED) is 0.754. The second kappa shape index (κ2) is 5.18. The highest BCUT2D eigenvalue weighted by Gasteiger charge is 2.03. The lowest BCUT2D eigenvalue weighted by Gasteiger charge is -2.07. The second-order valence-corrected chi connectivity index (χ2v) is 5.38. The molecule has 2 N–H and O–H groups in total. The lowest BCUT2D eigenvalue weighted by Crippen LogP contribution is -2.17. The van der Waals surface area contributed by atoms with Crippen molar-refractivity contribution in [2.75, 3.05) is 0 Å². The molecule has 1 atom stereocenters. The summed E-state index contributed by atoms with van der Waals surface area (Å²) in [5.74, 6) is 6.41. The van der Waals surface area contributed by atoms with E-state index in [1.165, 1.54) is 5.56 Å². The summed E-state index contributed by atoms with van der Waals surface area (Å²) in [7, 11) is 0. The van der Waals surface area contributed by atoms with E-state index in [2.05, 4.69) is 56.9 Å². The van der Waals surface area contributed by atoms with Crippen molar-refractivity contribution in [1.29, 1.82) is 0 Å². The molecule has 0 radical (unpaired) electrons. The molecule has 0 aliphatic carbocycles. The van der Waals surface area contributed by atoms with E-state index in [0.717, 1.165) is 12.0 Å². The summed E-state index contributed by atoms with van der Waals surface area (Å²) < 4.78 is 0. The summed E-state index contributed by atoms with van der Waals surface area (Å²) in [6.45, 7) is 8.37. The summed E-state index contributed by atoms with van der Waals surface area (Å²) in [5.41, 5.74) is 8.16. The summed E-state index contributed by atoms with van der Waals surface area (Å²) in [4.78, 5) is 0. The summed E-state index contributed by atoms with van der Waals surface area (Å²) in [6.07, 6.45) is 0.924. The Kier molecular flexibility index (Phi) is 4.15. The zero-order valence-electron chi connectivity index (χ0n) is 10.7. The van der Waals surface area contributed by atoms with Crippen molar-refractivity contribution in [2.24, 2.45) is 11.1 Å². The van der Waals surface area contributed by atoms with Crippen LogP contribution in [0.1, 0.15) is 38.8 Å². The fraction of sp³-hybridized carbons (Fsp3) is 0.467. The van der Waals surface area contributed by atoms with Crippen molar-refractivity contribution < 1.29 is 0 Å². The molecule has 0 bridgehead atoms. The molecule has 0 spiro atoms. The van der Waals surface area contributed by atoms with Crippen LogP contribution in [0.4, 0.5) is 0 Å². The maximum atomic E-state index is 5.75. The van der Waals surface area contributed by atoms with Gasteiger partial charge in [0.1, 0.15) is 0 Å². The smallest absolute Gasteiger partial charge is 0.0245 e. The molecule has 0 amide bonds. The minimum atomic E-state index is 0.0600. The van der Waals surface area contributed by atoms with Crippen LogP contribution in [0.3, 0.4) is 0 Å². The van der Waals surface area contributed by atoms with Crippen molar-refractivity contribution in [3.63, 3.8) is 0 Å². The lowest BCUT2D eigenvalue weighted by molar-refractivity contribution is 0.571. The Morgan fingerprint density at radius 3 is 2.19 bits per heavy atom. The molecule has 0 aliphatic heterocycles. The zero-order chi connectivity index (χ0) is 12.2. The van der Waals surface area contributed by atoms with Gasteiger partial charge in [0.2, 0.25) is 0 Å². The van der Waals surface area contributed by atoms with Crippen LogP contribution in [0.5, 0.6) is 0 Å². The van der Waals surface area contributed by atoms with E-state index in [-0.39, 0.29) is 11.5 Å². The van der Waals surface area contributed by atoms with Gasteiger partial charge in [-0.15, -0.1) is 0 Å². The van der Waals surface area contributed by atoms with Crippen LogP contribution < -0.4 is 5.73 Å². The van der Waals surface area contributed by atoms with Gasteiger partial charge in [0.25, 0.3) is 0 Å². The third-order valence-corrected chi connectivity index (χ3v) is 2.09. The molecule has 16 heavy (non-hydrogen) atoms. The van der Waals surface area contributed by atoms with E-state index in [1.807, 2.05) is 6.92 Å². The molecule has 1 aromatic rings. The summed E-state index contributed by atoms with van der Waals surface area (Å²) in [6, 6.07) is 8.56. The first-order chi connectivity index (χ1) is 7.37. The van der Waals surface area contributed by atoms with Gasteiger partial charge in [-0.3, -0.25) is 0 Å². The van der Waals surface area contributed by atoms with Gasteiger partial charge in [0.05, 0.1) is 0 Å². The third-order valence-electron chi connectivity index (χ3n) is 2.09. The average molecular weight is 215 g/mol. The highest BCUT2D eigenvalue weighted by atomic mass is 14.6. The van der Waals surface area contributed by atoms with Gasteiger partial charge in [-0.2, -0.15) is 0 Å². The molecule has 86 valence electrons. The molecule has 1 aromatic carbocycles. The predicted molar refractivity (Wildman–Crippen MR) is 70.1 cm³/mol. The van der Waals surface area contributed by atoms with Gasteiger partial charge in [-0.25, -0.2) is 0 Å². The number of hydrogen-bond donors (Lipinski definition) is 1. The van der Waals surface area contributed by atoms with Crippen LogP contribution in [-0.4, -0.2) is 6.04 Å². The van der Waals surface area contributed by atoms with Crippen LogP contribution >= 0.6 is 0 Å².